The van der Waals surface area contributed by atoms with Gasteiger partial charge in [-0.05, 0) is 0 Å². The van der Waals surface area contributed by atoms with Gasteiger partial charge in [0.2, 0.25) is 0 Å². The van der Waals surface area contributed by atoms with E-state index in [1.165, 1.54) is 0 Å². The molecule has 0 amide bonds. The van der Waals surface area contributed by atoms with Gasteiger partial charge in [0.15, 0.2) is 0 Å². The third-order valence-corrected chi connectivity index (χ3v) is 1.83. The number of rotatable bonds is 8. The lowest BCUT2D eigenvalue weighted by atomic mass is 10.4. The first-order valence-electron chi connectivity index (χ1n) is 4.81. The topological polar surface area (TPSA) is 62.0 Å². The second-order valence-electron chi connectivity index (χ2n) is 3.00. The molecule has 0 aliphatic rings. The maximum Gasteiger partial charge on any atom is 0.0922 e. The predicted octanol–water partition coefficient (Wildman–Crippen LogP) is -0.265. The Morgan fingerprint density at radius 2 is 2.21 bits per heavy atom. The Bertz CT molecular complexity index is 213. The van der Waals surface area contributed by atoms with Crippen LogP contribution in [0.5, 0.6) is 0 Å². The number of aromatic nitrogens is 2. The second kappa shape index (κ2) is 7.49. The first-order chi connectivity index (χ1) is 6.93. The highest BCUT2D eigenvalue weighted by atomic mass is 16.5. The summed E-state index contributed by atoms with van der Waals surface area (Å²) in [6, 6.07) is 0. The lowest BCUT2D eigenvalue weighted by Crippen LogP contribution is -2.29. The summed E-state index contributed by atoms with van der Waals surface area (Å²) in [7, 11) is 1.71. The molecule has 1 heterocycles. The first-order valence-corrected chi connectivity index (χ1v) is 4.81. The number of hydrogen-bond donors (Lipinski definition) is 3. The van der Waals surface area contributed by atoms with Crippen molar-refractivity contribution in [2.75, 3.05) is 33.4 Å². The molecular weight excluding hydrogens is 180 g/mol. The standard InChI is InChI=1S/C9H18N4O/c1-14-5-4-10-2-3-11-6-9-7-12-8-13-9/h7-8,10-11H,2-6H2,1H3,(H,12,13). The minimum absolute atomic E-state index is 0.764. The van der Waals surface area contributed by atoms with E-state index in [-0.39, 0.29) is 0 Å². The van der Waals surface area contributed by atoms with Crippen molar-refractivity contribution in [1.29, 1.82) is 0 Å². The summed E-state index contributed by atoms with van der Waals surface area (Å²) in [4.78, 5) is 6.97. The van der Waals surface area contributed by atoms with Crippen LogP contribution in [0.25, 0.3) is 0 Å². The van der Waals surface area contributed by atoms with E-state index in [1.54, 1.807) is 13.4 Å². The summed E-state index contributed by atoms with van der Waals surface area (Å²) in [6.45, 7) is 4.41. The Morgan fingerprint density at radius 1 is 1.36 bits per heavy atom. The molecular formula is C9H18N4O. The number of ether oxygens (including phenoxy) is 1. The van der Waals surface area contributed by atoms with Crippen LogP contribution in [0.15, 0.2) is 12.5 Å². The van der Waals surface area contributed by atoms with Crippen molar-refractivity contribution in [3.8, 4) is 0 Å². The Morgan fingerprint density at radius 3 is 2.93 bits per heavy atom. The molecule has 5 heteroatoms. The van der Waals surface area contributed by atoms with E-state index >= 15 is 0 Å². The first kappa shape index (κ1) is 11.2. The SMILES string of the molecule is COCCNCCNCc1cnc[nH]1. The molecule has 1 aromatic heterocycles. The molecule has 5 nitrogen and oxygen atoms in total. The Balaban J connectivity index is 1.85. The summed E-state index contributed by atoms with van der Waals surface area (Å²) in [5.41, 5.74) is 1.11. The number of H-pyrrole nitrogens is 1. The van der Waals surface area contributed by atoms with E-state index < -0.39 is 0 Å². The number of imidazole rings is 1. The fourth-order valence-corrected chi connectivity index (χ4v) is 1.08. The van der Waals surface area contributed by atoms with Crippen LogP contribution in [-0.4, -0.2) is 43.3 Å². The van der Waals surface area contributed by atoms with Crippen molar-refractivity contribution in [3.63, 3.8) is 0 Å². The average Bonchev–Trinajstić information content (AvgIpc) is 2.69. The summed E-state index contributed by atoms with van der Waals surface area (Å²) in [5.74, 6) is 0. The molecule has 1 rings (SSSR count). The van der Waals surface area contributed by atoms with Crippen LogP contribution >= 0.6 is 0 Å². The largest absolute Gasteiger partial charge is 0.383 e. The highest BCUT2D eigenvalue weighted by Gasteiger charge is 1.91. The van der Waals surface area contributed by atoms with Crippen molar-refractivity contribution in [2.45, 2.75) is 6.54 Å². The average molecular weight is 198 g/mol. The monoisotopic (exact) mass is 198 g/mol. The Labute approximate surface area is 84.3 Å². The van der Waals surface area contributed by atoms with E-state index in [9.17, 15) is 0 Å². The Kier molecular flexibility index (Phi) is 5.97. The van der Waals surface area contributed by atoms with Gasteiger partial charge in [0, 0.05) is 45.2 Å². The van der Waals surface area contributed by atoms with Crippen molar-refractivity contribution < 1.29 is 4.74 Å². The lowest BCUT2D eigenvalue weighted by Gasteiger charge is -2.04. The minimum atomic E-state index is 0.764. The van der Waals surface area contributed by atoms with Crippen molar-refractivity contribution >= 4 is 0 Å². The van der Waals surface area contributed by atoms with Gasteiger partial charge < -0.3 is 20.4 Å². The molecule has 0 fully saturated rings. The van der Waals surface area contributed by atoms with Gasteiger partial charge in [-0.2, -0.15) is 0 Å². The summed E-state index contributed by atoms with van der Waals surface area (Å²) in [5, 5.41) is 6.54. The maximum absolute atomic E-state index is 4.91. The molecule has 0 unspecified atom stereocenters. The van der Waals surface area contributed by atoms with Gasteiger partial charge in [-0.15, -0.1) is 0 Å². The van der Waals surface area contributed by atoms with Crippen molar-refractivity contribution in [2.24, 2.45) is 0 Å². The highest BCUT2D eigenvalue weighted by Crippen LogP contribution is 1.87. The molecule has 14 heavy (non-hydrogen) atoms. The van der Waals surface area contributed by atoms with Crippen LogP contribution < -0.4 is 10.6 Å². The summed E-state index contributed by atoms with van der Waals surface area (Å²) >= 11 is 0. The quantitative estimate of drug-likeness (QED) is 0.503. The predicted molar refractivity (Wildman–Crippen MR) is 55.0 cm³/mol. The van der Waals surface area contributed by atoms with Gasteiger partial charge in [-0.3, -0.25) is 0 Å². The van der Waals surface area contributed by atoms with Gasteiger partial charge in [0.05, 0.1) is 12.9 Å². The van der Waals surface area contributed by atoms with Crippen LogP contribution in [-0.2, 0) is 11.3 Å². The van der Waals surface area contributed by atoms with Crippen LogP contribution in [0.1, 0.15) is 5.69 Å². The molecule has 0 spiro atoms. The maximum atomic E-state index is 4.91. The minimum Gasteiger partial charge on any atom is -0.383 e. The second-order valence-corrected chi connectivity index (χ2v) is 3.00. The molecule has 0 saturated carbocycles. The molecule has 0 aromatic carbocycles. The third kappa shape index (κ3) is 4.96. The highest BCUT2D eigenvalue weighted by molar-refractivity contribution is 4.92. The van der Waals surface area contributed by atoms with E-state index in [4.69, 9.17) is 4.74 Å². The molecule has 80 valence electrons. The molecule has 0 aliphatic heterocycles. The van der Waals surface area contributed by atoms with E-state index in [2.05, 4.69) is 20.6 Å². The zero-order valence-corrected chi connectivity index (χ0v) is 8.55. The van der Waals surface area contributed by atoms with Gasteiger partial charge in [-0.25, -0.2) is 4.98 Å². The fourth-order valence-electron chi connectivity index (χ4n) is 1.08. The molecule has 0 aliphatic carbocycles. The molecule has 0 saturated heterocycles. The number of nitrogens with zero attached hydrogens (tertiary/aromatic N) is 1. The van der Waals surface area contributed by atoms with Crippen LogP contribution in [0.2, 0.25) is 0 Å². The Hall–Kier alpha value is -0.910. The molecule has 1 aromatic rings. The lowest BCUT2D eigenvalue weighted by molar-refractivity contribution is 0.199. The summed E-state index contributed by atoms with van der Waals surface area (Å²) in [6.07, 6.45) is 3.51. The van der Waals surface area contributed by atoms with Crippen LogP contribution in [0.4, 0.5) is 0 Å². The van der Waals surface area contributed by atoms with Crippen molar-refractivity contribution in [1.82, 2.24) is 20.6 Å². The fraction of sp³-hybridized carbons (Fsp3) is 0.667. The zero-order valence-electron chi connectivity index (χ0n) is 8.55. The number of aromatic amines is 1. The molecule has 3 N–H and O–H groups in total. The van der Waals surface area contributed by atoms with Crippen LogP contribution in [0, 0.1) is 0 Å². The van der Waals surface area contributed by atoms with Crippen LogP contribution in [0.3, 0.4) is 0 Å². The number of nitrogens with one attached hydrogen (secondary N) is 3. The molecule has 0 radical (unpaired) electrons. The number of methoxy groups -OCH3 is 1. The third-order valence-electron chi connectivity index (χ3n) is 1.83. The van der Waals surface area contributed by atoms with E-state index in [0.29, 0.717) is 0 Å². The van der Waals surface area contributed by atoms with Gasteiger partial charge in [0.25, 0.3) is 0 Å². The normalized spacial score (nSPS) is 10.6. The van der Waals surface area contributed by atoms with Gasteiger partial charge >= 0.3 is 0 Å². The van der Waals surface area contributed by atoms with Crippen molar-refractivity contribution in [3.05, 3.63) is 18.2 Å². The van der Waals surface area contributed by atoms with Gasteiger partial charge in [0.1, 0.15) is 0 Å². The smallest absolute Gasteiger partial charge is 0.0922 e. The zero-order chi connectivity index (χ0) is 10.1. The number of hydrogen-bond acceptors (Lipinski definition) is 4. The molecule has 0 atom stereocenters. The molecule has 0 bridgehead atoms. The van der Waals surface area contributed by atoms with E-state index in [1.807, 2.05) is 6.20 Å². The van der Waals surface area contributed by atoms with E-state index in [0.717, 1.165) is 38.5 Å². The summed E-state index contributed by atoms with van der Waals surface area (Å²) < 4.78 is 4.91. The van der Waals surface area contributed by atoms with Gasteiger partial charge in [-0.1, -0.05) is 0 Å².